The van der Waals surface area contributed by atoms with Gasteiger partial charge in [0.05, 0.1) is 11.7 Å². The minimum absolute atomic E-state index is 0.0365. The molecule has 2 N–H and O–H groups in total. The molecule has 1 aliphatic rings. The molecule has 1 fully saturated rings. The van der Waals surface area contributed by atoms with Crippen molar-refractivity contribution >= 4 is 0 Å². The van der Waals surface area contributed by atoms with E-state index in [4.69, 9.17) is 10.5 Å². The first-order chi connectivity index (χ1) is 6.47. The lowest BCUT2D eigenvalue weighted by atomic mass is 9.73. The van der Waals surface area contributed by atoms with E-state index in [0.29, 0.717) is 6.54 Å². The maximum atomic E-state index is 6.04. The Morgan fingerprint density at radius 3 is 2.14 bits per heavy atom. The summed E-state index contributed by atoms with van der Waals surface area (Å²) in [6.45, 7) is 9.48. The highest BCUT2D eigenvalue weighted by atomic mass is 16.5. The van der Waals surface area contributed by atoms with Gasteiger partial charge in [0, 0.05) is 6.54 Å². The Kier molecular flexibility index (Phi) is 3.96. The Morgan fingerprint density at radius 1 is 1.29 bits per heavy atom. The van der Waals surface area contributed by atoms with Crippen LogP contribution in [0, 0.1) is 11.8 Å². The molecule has 0 spiro atoms. The third-order valence-corrected chi connectivity index (χ3v) is 3.10. The second kappa shape index (κ2) is 4.63. The molecule has 0 bridgehead atoms. The zero-order chi connectivity index (χ0) is 10.8. The molecule has 0 radical (unpaired) electrons. The van der Waals surface area contributed by atoms with Crippen LogP contribution in [0.2, 0.25) is 0 Å². The summed E-state index contributed by atoms with van der Waals surface area (Å²) in [4.78, 5) is 0. The van der Waals surface area contributed by atoms with Crippen LogP contribution in [0.4, 0.5) is 0 Å². The lowest BCUT2D eigenvalue weighted by molar-refractivity contribution is -0.114. The number of ether oxygens (including phenoxy) is 1. The zero-order valence-electron chi connectivity index (χ0n) is 10.0. The van der Waals surface area contributed by atoms with Gasteiger partial charge in [0.1, 0.15) is 0 Å². The van der Waals surface area contributed by atoms with Gasteiger partial charge in [-0.1, -0.05) is 13.8 Å². The van der Waals surface area contributed by atoms with Crippen molar-refractivity contribution in [1.82, 2.24) is 0 Å². The first-order valence-corrected chi connectivity index (χ1v) is 5.85. The van der Waals surface area contributed by atoms with Gasteiger partial charge in [-0.25, -0.2) is 0 Å². The van der Waals surface area contributed by atoms with Crippen molar-refractivity contribution in [1.29, 1.82) is 0 Å². The topological polar surface area (TPSA) is 35.2 Å². The molecular formula is C12H25NO. The van der Waals surface area contributed by atoms with Crippen molar-refractivity contribution in [2.24, 2.45) is 17.6 Å². The van der Waals surface area contributed by atoms with Crippen molar-refractivity contribution in [3.63, 3.8) is 0 Å². The maximum absolute atomic E-state index is 6.04. The fraction of sp³-hybridized carbons (Fsp3) is 1.00. The van der Waals surface area contributed by atoms with Crippen molar-refractivity contribution in [2.75, 3.05) is 6.54 Å². The molecule has 1 saturated carbocycles. The molecular weight excluding hydrogens is 174 g/mol. The Labute approximate surface area is 88.2 Å². The van der Waals surface area contributed by atoms with Crippen LogP contribution in [0.25, 0.3) is 0 Å². The molecule has 2 heteroatoms. The summed E-state index contributed by atoms with van der Waals surface area (Å²) in [6.07, 6.45) is 3.87. The van der Waals surface area contributed by atoms with Crippen LogP contribution in [0.5, 0.6) is 0 Å². The third-order valence-electron chi connectivity index (χ3n) is 3.10. The highest BCUT2D eigenvalue weighted by Gasteiger charge is 2.38. The molecule has 0 saturated heterocycles. The third kappa shape index (κ3) is 2.96. The Balaban J connectivity index is 2.66. The molecule has 0 aromatic rings. The molecule has 2 nitrogen and oxygen atoms in total. The van der Waals surface area contributed by atoms with E-state index in [1.54, 1.807) is 0 Å². The molecule has 1 aliphatic carbocycles. The average Bonchev–Trinajstić information content (AvgIpc) is 2.00. The van der Waals surface area contributed by atoms with E-state index in [1.165, 1.54) is 6.42 Å². The summed E-state index contributed by atoms with van der Waals surface area (Å²) >= 11 is 0. The standard InChI is InChI=1S/C12H25NO/c1-9(2)14-12(8-13)6-10(3)5-11(4)7-12/h9-11H,5-8,13H2,1-4H3. The van der Waals surface area contributed by atoms with Gasteiger partial charge < -0.3 is 10.5 Å². The van der Waals surface area contributed by atoms with Crippen LogP contribution in [0.1, 0.15) is 47.0 Å². The number of nitrogens with two attached hydrogens (primary N) is 1. The van der Waals surface area contributed by atoms with Gasteiger partial charge in [-0.05, 0) is 44.9 Å². The van der Waals surface area contributed by atoms with E-state index in [2.05, 4.69) is 27.7 Å². The summed E-state index contributed by atoms with van der Waals surface area (Å²) < 4.78 is 6.04. The molecule has 1 rings (SSSR count). The molecule has 0 aliphatic heterocycles. The molecule has 0 heterocycles. The number of hydrogen-bond acceptors (Lipinski definition) is 2. The van der Waals surface area contributed by atoms with Crippen LogP contribution in [0.15, 0.2) is 0 Å². The van der Waals surface area contributed by atoms with Crippen molar-refractivity contribution < 1.29 is 4.74 Å². The van der Waals surface area contributed by atoms with Gasteiger partial charge in [-0.15, -0.1) is 0 Å². The average molecular weight is 199 g/mol. The Hall–Kier alpha value is -0.0800. The molecule has 84 valence electrons. The van der Waals surface area contributed by atoms with Crippen LogP contribution in [-0.2, 0) is 4.74 Å². The molecule has 0 amide bonds. The fourth-order valence-electron chi connectivity index (χ4n) is 3.02. The molecule has 0 aromatic carbocycles. The second-order valence-electron chi connectivity index (χ2n) is 5.41. The Bertz CT molecular complexity index is 164. The quantitative estimate of drug-likeness (QED) is 0.758. The van der Waals surface area contributed by atoms with Crippen LogP contribution >= 0.6 is 0 Å². The summed E-state index contributed by atoms with van der Waals surface area (Å²) in [5, 5.41) is 0. The minimum atomic E-state index is -0.0365. The van der Waals surface area contributed by atoms with E-state index in [9.17, 15) is 0 Å². The van der Waals surface area contributed by atoms with Crippen molar-refractivity contribution in [3.05, 3.63) is 0 Å². The van der Waals surface area contributed by atoms with Gasteiger partial charge in [0.2, 0.25) is 0 Å². The summed E-state index contributed by atoms with van der Waals surface area (Å²) in [5.41, 5.74) is 5.85. The Morgan fingerprint density at radius 2 is 1.79 bits per heavy atom. The molecule has 14 heavy (non-hydrogen) atoms. The first kappa shape index (κ1) is 12.0. The maximum Gasteiger partial charge on any atom is 0.0812 e. The van der Waals surface area contributed by atoms with Gasteiger partial charge in [-0.2, -0.15) is 0 Å². The molecule has 0 aromatic heterocycles. The predicted octanol–water partition coefficient (Wildman–Crippen LogP) is 2.57. The van der Waals surface area contributed by atoms with E-state index in [0.717, 1.165) is 24.7 Å². The number of hydrogen-bond donors (Lipinski definition) is 1. The van der Waals surface area contributed by atoms with Crippen LogP contribution < -0.4 is 5.73 Å². The minimum Gasteiger partial charge on any atom is -0.371 e. The molecule has 2 atom stereocenters. The lowest BCUT2D eigenvalue weighted by Crippen LogP contribution is -2.48. The van der Waals surface area contributed by atoms with E-state index >= 15 is 0 Å². The first-order valence-electron chi connectivity index (χ1n) is 5.85. The summed E-state index contributed by atoms with van der Waals surface area (Å²) in [7, 11) is 0. The van der Waals surface area contributed by atoms with Crippen LogP contribution in [0.3, 0.4) is 0 Å². The molecule has 2 unspecified atom stereocenters. The van der Waals surface area contributed by atoms with E-state index in [1.807, 2.05) is 0 Å². The largest absolute Gasteiger partial charge is 0.371 e. The SMILES string of the molecule is CC1CC(C)CC(CN)(OC(C)C)C1. The van der Waals surface area contributed by atoms with Crippen LogP contribution in [-0.4, -0.2) is 18.2 Å². The van der Waals surface area contributed by atoms with Gasteiger partial charge >= 0.3 is 0 Å². The second-order valence-corrected chi connectivity index (χ2v) is 5.41. The fourth-order valence-corrected chi connectivity index (χ4v) is 3.02. The van der Waals surface area contributed by atoms with E-state index < -0.39 is 0 Å². The summed E-state index contributed by atoms with van der Waals surface area (Å²) in [5.74, 6) is 1.50. The smallest absolute Gasteiger partial charge is 0.0812 e. The zero-order valence-corrected chi connectivity index (χ0v) is 10.0. The van der Waals surface area contributed by atoms with E-state index in [-0.39, 0.29) is 11.7 Å². The normalized spacial score (nSPS) is 39.0. The van der Waals surface area contributed by atoms with Gasteiger partial charge in [0.15, 0.2) is 0 Å². The van der Waals surface area contributed by atoms with Crippen molar-refractivity contribution in [2.45, 2.75) is 58.7 Å². The van der Waals surface area contributed by atoms with Gasteiger partial charge in [0.25, 0.3) is 0 Å². The number of rotatable bonds is 3. The summed E-state index contributed by atoms with van der Waals surface area (Å²) in [6, 6.07) is 0. The lowest BCUT2D eigenvalue weighted by Gasteiger charge is -2.43. The highest BCUT2D eigenvalue weighted by Crippen LogP contribution is 2.38. The van der Waals surface area contributed by atoms with Gasteiger partial charge in [-0.3, -0.25) is 0 Å². The van der Waals surface area contributed by atoms with Crippen molar-refractivity contribution in [3.8, 4) is 0 Å². The predicted molar refractivity (Wildman–Crippen MR) is 60.2 cm³/mol. The highest BCUT2D eigenvalue weighted by molar-refractivity contribution is 4.90. The monoisotopic (exact) mass is 199 g/mol.